The van der Waals surface area contributed by atoms with E-state index in [9.17, 15) is 4.79 Å². The smallest absolute Gasteiger partial charge is 0.259 e. The van der Waals surface area contributed by atoms with Gasteiger partial charge < -0.3 is 14.5 Å². The predicted octanol–water partition coefficient (Wildman–Crippen LogP) is 3.58. The van der Waals surface area contributed by atoms with Crippen LogP contribution in [0.2, 0.25) is 5.02 Å². The zero-order chi connectivity index (χ0) is 18.6. The summed E-state index contributed by atoms with van der Waals surface area (Å²) in [5.74, 6) is 2.53. The molecule has 1 amide bonds. The van der Waals surface area contributed by atoms with Crippen LogP contribution in [-0.2, 0) is 0 Å². The van der Waals surface area contributed by atoms with Gasteiger partial charge in [-0.1, -0.05) is 11.6 Å². The number of hydrogen-bond donors (Lipinski definition) is 0. The van der Waals surface area contributed by atoms with E-state index in [1.54, 1.807) is 12.3 Å². The van der Waals surface area contributed by atoms with Gasteiger partial charge in [0.15, 0.2) is 0 Å². The first-order chi connectivity index (χ1) is 13.2. The zero-order valence-corrected chi connectivity index (χ0v) is 16.6. The highest BCUT2D eigenvalue weighted by Crippen LogP contribution is 2.26. The molecule has 27 heavy (non-hydrogen) atoms. The molecular formula is C20H22ClN3O2S. The van der Waals surface area contributed by atoms with Gasteiger partial charge in [-0.25, -0.2) is 4.98 Å². The Labute approximate surface area is 168 Å². The van der Waals surface area contributed by atoms with Crippen LogP contribution in [0.1, 0.15) is 16.8 Å². The largest absolute Gasteiger partial charge is 0.473 e. The molecule has 7 heteroatoms. The Morgan fingerprint density at radius 2 is 1.93 bits per heavy atom. The predicted molar refractivity (Wildman–Crippen MR) is 110 cm³/mol. The molecule has 1 aromatic heterocycles. The molecule has 4 rings (SSSR count). The number of carbonyl (C=O) groups is 1. The summed E-state index contributed by atoms with van der Waals surface area (Å²) in [4.78, 5) is 21.5. The van der Waals surface area contributed by atoms with E-state index in [-0.39, 0.29) is 12.0 Å². The highest BCUT2D eigenvalue weighted by Gasteiger charge is 2.26. The molecule has 1 unspecified atom stereocenters. The number of anilines is 1. The third-order valence-corrected chi connectivity index (χ3v) is 6.31. The molecule has 2 aromatic rings. The second kappa shape index (κ2) is 8.40. The molecular weight excluding hydrogens is 382 g/mol. The van der Waals surface area contributed by atoms with E-state index in [4.69, 9.17) is 16.3 Å². The van der Waals surface area contributed by atoms with Gasteiger partial charge in [0.2, 0.25) is 5.88 Å². The summed E-state index contributed by atoms with van der Waals surface area (Å²) < 4.78 is 6.02. The van der Waals surface area contributed by atoms with Gasteiger partial charge in [0.25, 0.3) is 5.91 Å². The van der Waals surface area contributed by atoms with Crippen LogP contribution in [0, 0.1) is 0 Å². The van der Waals surface area contributed by atoms with Crippen molar-refractivity contribution in [2.75, 3.05) is 42.6 Å². The monoisotopic (exact) mass is 403 g/mol. The number of amides is 1. The number of pyridine rings is 1. The maximum atomic E-state index is 13.0. The molecule has 3 heterocycles. The standard InChI is InChI=1S/C20H22ClN3O2S/c21-15-3-5-16(6-4-15)23-9-11-24(12-10-23)20(25)18-2-1-8-22-19(18)26-17-7-13-27-14-17/h1-6,8,17H,7,9-14H2. The van der Waals surface area contributed by atoms with Crippen molar-refractivity contribution in [1.29, 1.82) is 0 Å². The molecule has 142 valence electrons. The molecule has 0 N–H and O–H groups in total. The van der Waals surface area contributed by atoms with Gasteiger partial charge in [-0.2, -0.15) is 11.8 Å². The number of benzene rings is 1. The first-order valence-corrected chi connectivity index (χ1v) is 10.7. The number of halogens is 1. The average Bonchev–Trinajstić information content (AvgIpc) is 3.22. The van der Waals surface area contributed by atoms with E-state index in [2.05, 4.69) is 9.88 Å². The van der Waals surface area contributed by atoms with Gasteiger partial charge >= 0.3 is 0 Å². The summed E-state index contributed by atoms with van der Waals surface area (Å²) in [6, 6.07) is 11.5. The molecule has 0 saturated carbocycles. The number of rotatable bonds is 4. The van der Waals surface area contributed by atoms with Crippen molar-refractivity contribution < 1.29 is 9.53 Å². The number of aromatic nitrogens is 1. The van der Waals surface area contributed by atoms with E-state index >= 15 is 0 Å². The van der Waals surface area contributed by atoms with Gasteiger partial charge in [0, 0.05) is 48.8 Å². The third-order valence-electron chi connectivity index (χ3n) is 4.93. The molecule has 2 aliphatic rings. The molecule has 1 aromatic carbocycles. The SMILES string of the molecule is O=C(c1cccnc1OC1CCSC1)N1CCN(c2ccc(Cl)cc2)CC1. The highest BCUT2D eigenvalue weighted by atomic mass is 35.5. The number of piperazine rings is 1. The fraction of sp³-hybridized carbons (Fsp3) is 0.400. The Morgan fingerprint density at radius 3 is 2.63 bits per heavy atom. The van der Waals surface area contributed by atoms with Gasteiger partial charge in [-0.15, -0.1) is 0 Å². The van der Waals surface area contributed by atoms with Gasteiger partial charge in [0.1, 0.15) is 11.7 Å². The van der Waals surface area contributed by atoms with E-state index in [1.165, 1.54) is 0 Å². The molecule has 2 fully saturated rings. The lowest BCUT2D eigenvalue weighted by Gasteiger charge is -2.36. The van der Waals surface area contributed by atoms with Crippen LogP contribution in [0.5, 0.6) is 5.88 Å². The second-order valence-corrected chi connectivity index (χ2v) is 8.30. The van der Waals surface area contributed by atoms with Crippen molar-refractivity contribution in [2.45, 2.75) is 12.5 Å². The summed E-state index contributed by atoms with van der Waals surface area (Å²) in [6.45, 7) is 2.94. The Hall–Kier alpha value is -1.92. The van der Waals surface area contributed by atoms with Crippen LogP contribution in [0.3, 0.4) is 0 Å². The molecule has 0 aliphatic carbocycles. The van der Waals surface area contributed by atoms with E-state index in [0.29, 0.717) is 24.5 Å². The molecule has 0 bridgehead atoms. The Morgan fingerprint density at radius 1 is 1.15 bits per heavy atom. The molecule has 1 atom stereocenters. The first-order valence-electron chi connectivity index (χ1n) is 9.20. The molecule has 5 nitrogen and oxygen atoms in total. The minimum absolute atomic E-state index is 0.000457. The highest BCUT2D eigenvalue weighted by molar-refractivity contribution is 7.99. The summed E-state index contributed by atoms with van der Waals surface area (Å²) in [6.07, 6.45) is 2.85. The van der Waals surface area contributed by atoms with Crippen LogP contribution >= 0.6 is 23.4 Å². The van der Waals surface area contributed by atoms with Crippen LogP contribution in [0.25, 0.3) is 0 Å². The fourth-order valence-corrected chi connectivity index (χ4v) is 4.62. The lowest BCUT2D eigenvalue weighted by atomic mass is 10.2. The summed E-state index contributed by atoms with van der Waals surface area (Å²) in [7, 11) is 0. The Kier molecular flexibility index (Phi) is 5.74. The van der Waals surface area contributed by atoms with Crippen molar-refractivity contribution >= 4 is 35.0 Å². The number of ether oxygens (including phenoxy) is 1. The zero-order valence-electron chi connectivity index (χ0n) is 15.0. The van der Waals surface area contributed by atoms with E-state index in [0.717, 1.165) is 41.7 Å². The Bertz CT molecular complexity index is 788. The third kappa shape index (κ3) is 4.33. The first kappa shape index (κ1) is 18.4. The average molecular weight is 404 g/mol. The van der Waals surface area contributed by atoms with Crippen molar-refractivity contribution in [3.8, 4) is 5.88 Å². The van der Waals surface area contributed by atoms with Crippen LogP contribution in [0.15, 0.2) is 42.6 Å². The number of hydrogen-bond acceptors (Lipinski definition) is 5. The van der Waals surface area contributed by atoms with Gasteiger partial charge in [-0.05, 0) is 48.6 Å². The van der Waals surface area contributed by atoms with Crippen LogP contribution in [-0.4, -0.2) is 59.6 Å². The van der Waals surface area contributed by atoms with Crippen molar-refractivity contribution in [2.24, 2.45) is 0 Å². The minimum atomic E-state index is -0.000457. The minimum Gasteiger partial charge on any atom is -0.473 e. The number of thioether (sulfide) groups is 1. The second-order valence-electron chi connectivity index (χ2n) is 6.72. The maximum Gasteiger partial charge on any atom is 0.259 e. The Balaban J connectivity index is 1.41. The van der Waals surface area contributed by atoms with Gasteiger partial charge in [0.05, 0.1) is 0 Å². The molecule has 0 spiro atoms. The van der Waals surface area contributed by atoms with Gasteiger partial charge in [-0.3, -0.25) is 4.79 Å². The normalized spacial score (nSPS) is 20.0. The summed E-state index contributed by atoms with van der Waals surface area (Å²) in [5, 5.41) is 0.734. The van der Waals surface area contributed by atoms with Crippen molar-refractivity contribution in [3.05, 3.63) is 53.2 Å². The van der Waals surface area contributed by atoms with E-state index in [1.807, 2.05) is 47.0 Å². The van der Waals surface area contributed by atoms with Crippen LogP contribution in [0.4, 0.5) is 5.69 Å². The van der Waals surface area contributed by atoms with Crippen LogP contribution < -0.4 is 9.64 Å². The molecule has 0 radical (unpaired) electrons. The molecule has 2 saturated heterocycles. The van der Waals surface area contributed by atoms with Crippen molar-refractivity contribution in [3.63, 3.8) is 0 Å². The topological polar surface area (TPSA) is 45.7 Å². The quantitative estimate of drug-likeness (QED) is 0.780. The van der Waals surface area contributed by atoms with E-state index < -0.39 is 0 Å². The van der Waals surface area contributed by atoms with Crippen molar-refractivity contribution in [1.82, 2.24) is 9.88 Å². The fourth-order valence-electron chi connectivity index (χ4n) is 3.40. The maximum absolute atomic E-state index is 13.0. The lowest BCUT2D eigenvalue weighted by Crippen LogP contribution is -2.48. The summed E-state index contributed by atoms with van der Waals surface area (Å²) in [5.41, 5.74) is 1.70. The summed E-state index contributed by atoms with van der Waals surface area (Å²) >= 11 is 7.85. The molecule has 2 aliphatic heterocycles. The number of carbonyl (C=O) groups excluding carboxylic acids is 1. The lowest BCUT2D eigenvalue weighted by molar-refractivity contribution is 0.0738. The number of nitrogens with zero attached hydrogens (tertiary/aromatic N) is 3.